The highest BCUT2D eigenvalue weighted by atomic mass is 35.5. The van der Waals surface area contributed by atoms with E-state index in [-0.39, 0.29) is 11.5 Å². The topological polar surface area (TPSA) is 18.5 Å². The molecule has 0 aliphatic carbocycles. The maximum atomic E-state index is 11.6. The third kappa shape index (κ3) is 3.42. The Balaban J connectivity index is 2.70. The molecule has 0 aliphatic rings. The number of alkyl halides is 3. The van der Waals surface area contributed by atoms with Gasteiger partial charge in [0.05, 0.1) is 0 Å². The van der Waals surface area contributed by atoms with E-state index in [2.05, 4.69) is 9.03 Å². The minimum Gasteiger partial charge on any atom is -0.406 e. The van der Waals surface area contributed by atoms with Crippen molar-refractivity contribution in [3.05, 3.63) is 24.3 Å². The zero-order valence-corrected chi connectivity index (χ0v) is 6.89. The van der Waals surface area contributed by atoms with Gasteiger partial charge in [-0.05, 0) is 24.3 Å². The van der Waals surface area contributed by atoms with E-state index < -0.39 is 6.36 Å². The predicted molar refractivity (Wildman–Crippen MR) is 39.6 cm³/mol. The second kappa shape index (κ2) is 3.74. The molecule has 0 bridgehead atoms. The molecule has 0 aromatic heterocycles. The van der Waals surface area contributed by atoms with Crippen molar-refractivity contribution in [3.63, 3.8) is 0 Å². The van der Waals surface area contributed by atoms with Crippen LogP contribution >= 0.6 is 11.9 Å². The van der Waals surface area contributed by atoms with E-state index >= 15 is 0 Å². The number of halogens is 4. The molecule has 0 fully saturated rings. The zero-order chi connectivity index (χ0) is 9.90. The van der Waals surface area contributed by atoms with Gasteiger partial charge in [0, 0.05) is 0 Å². The molecule has 1 aromatic carbocycles. The zero-order valence-electron chi connectivity index (χ0n) is 6.14. The molecule has 72 valence electrons. The number of hydrogen-bond donors (Lipinski definition) is 0. The highest BCUT2D eigenvalue weighted by Gasteiger charge is 2.30. The third-order valence-corrected chi connectivity index (χ3v) is 1.32. The van der Waals surface area contributed by atoms with Gasteiger partial charge in [-0.25, -0.2) is 0 Å². The van der Waals surface area contributed by atoms with E-state index in [1.807, 2.05) is 0 Å². The van der Waals surface area contributed by atoms with E-state index in [9.17, 15) is 13.2 Å². The second-order valence-electron chi connectivity index (χ2n) is 2.10. The Kier molecular flexibility index (Phi) is 2.87. The Morgan fingerprint density at radius 2 is 1.46 bits per heavy atom. The summed E-state index contributed by atoms with van der Waals surface area (Å²) in [6.45, 7) is 0. The van der Waals surface area contributed by atoms with Crippen LogP contribution in [0.4, 0.5) is 13.2 Å². The molecule has 0 atom stereocenters. The van der Waals surface area contributed by atoms with Gasteiger partial charge in [0.2, 0.25) is 0 Å². The van der Waals surface area contributed by atoms with Gasteiger partial charge in [-0.15, -0.1) is 13.2 Å². The Labute approximate surface area is 77.0 Å². The molecule has 1 rings (SSSR count). The van der Waals surface area contributed by atoms with Crippen molar-refractivity contribution in [2.75, 3.05) is 0 Å². The lowest BCUT2D eigenvalue weighted by atomic mass is 10.3. The molecular weight excluding hydrogens is 209 g/mol. The van der Waals surface area contributed by atoms with Crippen LogP contribution in [0.1, 0.15) is 0 Å². The summed E-state index contributed by atoms with van der Waals surface area (Å²) in [7, 11) is 0. The van der Waals surface area contributed by atoms with Gasteiger partial charge < -0.3 is 9.03 Å². The van der Waals surface area contributed by atoms with Gasteiger partial charge in [-0.3, -0.25) is 0 Å². The van der Waals surface area contributed by atoms with Gasteiger partial charge in [0.15, 0.2) is 0 Å². The van der Waals surface area contributed by atoms with E-state index in [1.165, 1.54) is 12.1 Å². The minimum atomic E-state index is -4.68. The molecule has 0 aliphatic heterocycles. The standard InChI is InChI=1S/C7H4ClF3O2/c8-13-6-3-1-5(2-4-6)12-7(9,10)11/h1-4H. The summed E-state index contributed by atoms with van der Waals surface area (Å²) in [5.74, 6) is -0.0684. The van der Waals surface area contributed by atoms with Crippen molar-refractivity contribution < 1.29 is 22.2 Å². The molecule has 0 heterocycles. The van der Waals surface area contributed by atoms with Crippen molar-refractivity contribution in [1.82, 2.24) is 0 Å². The molecule has 1 aromatic rings. The van der Waals surface area contributed by atoms with Crippen LogP contribution in [0.2, 0.25) is 0 Å². The summed E-state index contributed by atoms with van der Waals surface area (Å²) >= 11 is 4.95. The van der Waals surface area contributed by atoms with E-state index in [1.54, 1.807) is 0 Å². The van der Waals surface area contributed by atoms with Crippen LogP contribution in [-0.4, -0.2) is 6.36 Å². The van der Waals surface area contributed by atoms with Crippen LogP contribution in [0, 0.1) is 0 Å². The fraction of sp³-hybridized carbons (Fsp3) is 0.143. The fourth-order valence-corrected chi connectivity index (χ4v) is 0.796. The van der Waals surface area contributed by atoms with Crippen molar-refractivity contribution in [3.8, 4) is 11.5 Å². The normalized spacial score (nSPS) is 11.1. The number of rotatable bonds is 2. The largest absolute Gasteiger partial charge is 0.573 e. The van der Waals surface area contributed by atoms with Crippen molar-refractivity contribution in [2.45, 2.75) is 6.36 Å². The number of benzene rings is 1. The highest BCUT2D eigenvalue weighted by Crippen LogP contribution is 2.24. The van der Waals surface area contributed by atoms with Gasteiger partial charge >= 0.3 is 6.36 Å². The molecule has 2 nitrogen and oxygen atoms in total. The highest BCUT2D eigenvalue weighted by molar-refractivity contribution is 6.09. The maximum absolute atomic E-state index is 11.6. The lowest BCUT2D eigenvalue weighted by molar-refractivity contribution is -0.274. The predicted octanol–water partition coefficient (Wildman–Crippen LogP) is 3.12. The Hall–Kier alpha value is -1.10. The minimum absolute atomic E-state index is 0.246. The van der Waals surface area contributed by atoms with Crippen LogP contribution in [-0.2, 0) is 0 Å². The van der Waals surface area contributed by atoms with Crippen LogP contribution < -0.4 is 9.03 Å². The van der Waals surface area contributed by atoms with E-state index in [0.29, 0.717) is 0 Å². The van der Waals surface area contributed by atoms with Gasteiger partial charge in [-0.1, -0.05) is 0 Å². The van der Waals surface area contributed by atoms with Crippen LogP contribution in [0.15, 0.2) is 24.3 Å². The van der Waals surface area contributed by atoms with Crippen LogP contribution in [0.3, 0.4) is 0 Å². The summed E-state index contributed by atoms with van der Waals surface area (Å²) < 4.78 is 42.8. The lowest BCUT2D eigenvalue weighted by Crippen LogP contribution is -2.16. The Morgan fingerprint density at radius 1 is 1.00 bits per heavy atom. The van der Waals surface area contributed by atoms with Crippen molar-refractivity contribution in [2.24, 2.45) is 0 Å². The summed E-state index contributed by atoms with van der Waals surface area (Å²) in [4.78, 5) is 0. The summed E-state index contributed by atoms with van der Waals surface area (Å²) in [6.07, 6.45) is -4.68. The molecule has 0 saturated carbocycles. The third-order valence-electron chi connectivity index (χ3n) is 1.15. The number of ether oxygens (including phenoxy) is 1. The van der Waals surface area contributed by atoms with E-state index in [4.69, 9.17) is 11.9 Å². The summed E-state index contributed by atoms with van der Waals surface area (Å²) in [5, 5.41) is 0. The lowest BCUT2D eigenvalue weighted by Gasteiger charge is -2.08. The monoisotopic (exact) mass is 212 g/mol. The first-order chi connectivity index (χ1) is 6.01. The summed E-state index contributed by atoms with van der Waals surface area (Å²) in [5.41, 5.74) is 0. The average molecular weight is 213 g/mol. The molecule has 0 spiro atoms. The van der Waals surface area contributed by atoms with Crippen molar-refractivity contribution in [1.29, 1.82) is 0 Å². The van der Waals surface area contributed by atoms with Crippen molar-refractivity contribution >= 4 is 11.9 Å². The molecule has 0 saturated heterocycles. The molecule has 0 unspecified atom stereocenters. The summed E-state index contributed by atoms with van der Waals surface area (Å²) in [6, 6.07) is 4.72. The molecule has 0 radical (unpaired) electrons. The average Bonchev–Trinajstić information content (AvgIpc) is 2.03. The molecule has 13 heavy (non-hydrogen) atoms. The maximum Gasteiger partial charge on any atom is 0.573 e. The van der Waals surface area contributed by atoms with Crippen LogP contribution in [0.25, 0.3) is 0 Å². The quantitative estimate of drug-likeness (QED) is 0.750. The van der Waals surface area contributed by atoms with Crippen LogP contribution in [0.5, 0.6) is 11.5 Å². The van der Waals surface area contributed by atoms with Gasteiger partial charge in [0.1, 0.15) is 23.4 Å². The first-order valence-corrected chi connectivity index (χ1v) is 3.46. The first-order valence-electron chi connectivity index (χ1n) is 3.15. The molecule has 0 N–H and O–H groups in total. The second-order valence-corrected chi connectivity index (χ2v) is 2.25. The molecule has 0 amide bonds. The Bertz CT molecular complexity index is 270. The SMILES string of the molecule is FC(F)(F)Oc1ccc(OCl)cc1. The fourth-order valence-electron chi connectivity index (χ4n) is 0.693. The number of hydrogen-bond acceptors (Lipinski definition) is 2. The Morgan fingerprint density at radius 3 is 1.85 bits per heavy atom. The van der Waals surface area contributed by atoms with E-state index in [0.717, 1.165) is 12.1 Å². The van der Waals surface area contributed by atoms with Gasteiger partial charge in [0.25, 0.3) is 0 Å². The smallest absolute Gasteiger partial charge is 0.406 e. The first kappa shape index (κ1) is 9.98. The van der Waals surface area contributed by atoms with Gasteiger partial charge in [-0.2, -0.15) is 0 Å². The molecular formula is C7H4ClF3O2. The molecule has 6 heteroatoms.